The summed E-state index contributed by atoms with van der Waals surface area (Å²) in [6.45, 7) is 6.64. The topological polar surface area (TPSA) is 70.9 Å². The van der Waals surface area contributed by atoms with Gasteiger partial charge in [0.2, 0.25) is 0 Å². The Hall–Kier alpha value is -3.13. The van der Waals surface area contributed by atoms with Crippen molar-refractivity contribution in [2.24, 2.45) is 0 Å². The first-order valence-electron chi connectivity index (χ1n) is 10.6. The van der Waals surface area contributed by atoms with Gasteiger partial charge in [0, 0.05) is 43.3 Å². The number of aryl methyl sites for hydroxylation is 1. The average Bonchev–Trinajstić information content (AvgIpc) is 3.13. The molecule has 2 aromatic heterocycles. The number of methoxy groups -OCH3 is 1. The van der Waals surface area contributed by atoms with E-state index in [0.29, 0.717) is 23.0 Å². The van der Waals surface area contributed by atoms with Crippen LogP contribution in [0.25, 0.3) is 5.65 Å². The number of aromatic nitrogens is 2. The van der Waals surface area contributed by atoms with E-state index in [-0.39, 0.29) is 5.69 Å². The Morgan fingerprint density at radius 2 is 2.16 bits per heavy atom. The normalized spacial score (nSPS) is 16.5. The summed E-state index contributed by atoms with van der Waals surface area (Å²) in [5.74, 6) is -0.521. The number of ether oxygens (including phenoxy) is 1. The smallest absolute Gasteiger partial charge is 0.261 e. The highest BCUT2D eigenvalue weighted by atomic mass is 19.1. The van der Waals surface area contributed by atoms with Gasteiger partial charge in [-0.2, -0.15) is 0 Å². The van der Waals surface area contributed by atoms with Gasteiger partial charge in [0.05, 0.1) is 24.1 Å². The first-order valence-corrected chi connectivity index (χ1v) is 10.6. The Morgan fingerprint density at radius 1 is 1.32 bits per heavy atom. The molecule has 3 aromatic rings. The maximum Gasteiger partial charge on any atom is 0.261 e. The van der Waals surface area contributed by atoms with Crippen LogP contribution in [0, 0.1) is 12.7 Å². The molecule has 0 saturated carbocycles. The van der Waals surface area contributed by atoms with E-state index in [1.54, 1.807) is 22.7 Å². The molecule has 2 N–H and O–H groups in total. The number of likely N-dealkylation sites (N-methyl/N-ethyl adjacent to an activating group) is 1. The minimum atomic E-state index is -0.463. The molecule has 0 aliphatic carbocycles. The van der Waals surface area contributed by atoms with E-state index in [1.165, 1.54) is 13.2 Å². The van der Waals surface area contributed by atoms with Crippen LogP contribution >= 0.6 is 0 Å². The zero-order valence-electron chi connectivity index (χ0n) is 18.1. The minimum absolute atomic E-state index is 0.137. The number of fused-ring (bicyclic) bond motifs is 1. The Balaban J connectivity index is 1.53. The molecule has 1 aliphatic heterocycles. The van der Waals surface area contributed by atoms with Crippen LogP contribution in [0.4, 0.5) is 15.8 Å². The third kappa shape index (κ3) is 4.49. The summed E-state index contributed by atoms with van der Waals surface area (Å²) in [4.78, 5) is 19.4. The van der Waals surface area contributed by atoms with Crippen LogP contribution in [0.1, 0.15) is 35.8 Å². The number of benzene rings is 1. The number of piperidine rings is 1. The SMILES string of the molecule is CCNC1CCCN(c2ccc(NC(=O)c3cn4cc(C)nc4cc3OC)c(F)c2)C1. The Labute approximate surface area is 181 Å². The predicted molar refractivity (Wildman–Crippen MR) is 120 cm³/mol. The summed E-state index contributed by atoms with van der Waals surface area (Å²) >= 11 is 0. The molecule has 3 heterocycles. The molecule has 1 fully saturated rings. The average molecular weight is 426 g/mol. The summed E-state index contributed by atoms with van der Waals surface area (Å²) in [5, 5.41) is 6.14. The number of imidazole rings is 1. The van der Waals surface area contributed by atoms with Crippen molar-refractivity contribution in [1.29, 1.82) is 0 Å². The van der Waals surface area contributed by atoms with Crippen LogP contribution < -0.4 is 20.3 Å². The van der Waals surface area contributed by atoms with Gasteiger partial charge in [-0.25, -0.2) is 9.37 Å². The fourth-order valence-corrected chi connectivity index (χ4v) is 4.14. The number of hydrogen-bond donors (Lipinski definition) is 2. The number of pyridine rings is 1. The van der Waals surface area contributed by atoms with E-state index in [4.69, 9.17) is 4.74 Å². The number of carbonyl (C=O) groups excluding carboxylic acids is 1. The van der Waals surface area contributed by atoms with Gasteiger partial charge in [0.15, 0.2) is 0 Å². The quantitative estimate of drug-likeness (QED) is 0.631. The molecule has 1 atom stereocenters. The van der Waals surface area contributed by atoms with Gasteiger partial charge in [-0.15, -0.1) is 0 Å². The highest BCUT2D eigenvalue weighted by Gasteiger charge is 2.21. The van der Waals surface area contributed by atoms with Gasteiger partial charge in [-0.05, 0) is 44.5 Å². The second kappa shape index (κ2) is 8.93. The molecule has 31 heavy (non-hydrogen) atoms. The monoisotopic (exact) mass is 425 g/mol. The van der Waals surface area contributed by atoms with Gasteiger partial charge >= 0.3 is 0 Å². The number of anilines is 2. The van der Waals surface area contributed by atoms with Crippen molar-refractivity contribution < 1.29 is 13.9 Å². The minimum Gasteiger partial charge on any atom is -0.496 e. The number of rotatable bonds is 6. The zero-order chi connectivity index (χ0) is 22.0. The summed E-state index contributed by atoms with van der Waals surface area (Å²) in [5.41, 5.74) is 2.78. The lowest BCUT2D eigenvalue weighted by atomic mass is 10.0. The molecule has 1 unspecified atom stereocenters. The molecule has 1 saturated heterocycles. The van der Waals surface area contributed by atoms with Crippen LogP contribution in [-0.4, -0.2) is 48.1 Å². The Bertz CT molecular complexity index is 1100. The number of nitrogens with zero attached hydrogens (tertiary/aromatic N) is 3. The van der Waals surface area contributed by atoms with Crippen molar-refractivity contribution in [3.63, 3.8) is 0 Å². The second-order valence-corrected chi connectivity index (χ2v) is 7.86. The molecule has 7 nitrogen and oxygen atoms in total. The van der Waals surface area contributed by atoms with Crippen molar-refractivity contribution in [1.82, 2.24) is 14.7 Å². The molecule has 0 spiro atoms. The number of carbonyl (C=O) groups is 1. The van der Waals surface area contributed by atoms with Gasteiger partial charge in [-0.3, -0.25) is 4.79 Å². The van der Waals surface area contributed by atoms with E-state index in [2.05, 4.69) is 27.4 Å². The van der Waals surface area contributed by atoms with Gasteiger partial charge < -0.3 is 24.7 Å². The maximum atomic E-state index is 14.9. The lowest BCUT2D eigenvalue weighted by molar-refractivity contribution is 0.102. The fraction of sp³-hybridized carbons (Fsp3) is 0.391. The van der Waals surface area contributed by atoms with Crippen LogP contribution in [0.15, 0.2) is 36.7 Å². The highest BCUT2D eigenvalue weighted by molar-refractivity contribution is 6.06. The van der Waals surface area contributed by atoms with Crippen LogP contribution in [0.3, 0.4) is 0 Å². The molecule has 1 aromatic carbocycles. The molecule has 1 amide bonds. The molecule has 4 rings (SSSR count). The van der Waals surface area contributed by atoms with Gasteiger partial charge in [0.25, 0.3) is 5.91 Å². The van der Waals surface area contributed by atoms with Crippen LogP contribution in [-0.2, 0) is 0 Å². The number of amides is 1. The van der Waals surface area contributed by atoms with E-state index < -0.39 is 11.7 Å². The number of halogens is 1. The molecule has 8 heteroatoms. The highest BCUT2D eigenvalue weighted by Crippen LogP contribution is 2.27. The summed E-state index contributed by atoms with van der Waals surface area (Å²) < 4.78 is 22.0. The number of nitrogens with one attached hydrogen (secondary N) is 2. The van der Waals surface area contributed by atoms with Crippen molar-refractivity contribution >= 4 is 22.9 Å². The van der Waals surface area contributed by atoms with Crippen LogP contribution in [0.5, 0.6) is 5.75 Å². The number of hydrogen-bond acceptors (Lipinski definition) is 5. The fourth-order valence-electron chi connectivity index (χ4n) is 4.14. The summed E-state index contributed by atoms with van der Waals surface area (Å²) in [6.07, 6.45) is 5.65. The van der Waals surface area contributed by atoms with Crippen LogP contribution in [0.2, 0.25) is 0 Å². The van der Waals surface area contributed by atoms with Crippen molar-refractivity contribution in [2.75, 3.05) is 37.0 Å². The zero-order valence-corrected chi connectivity index (χ0v) is 18.1. The third-order valence-electron chi connectivity index (χ3n) is 5.62. The predicted octanol–water partition coefficient (Wildman–Crippen LogP) is 3.62. The molecule has 0 radical (unpaired) electrons. The van der Waals surface area contributed by atoms with E-state index >= 15 is 0 Å². The first kappa shape index (κ1) is 21.1. The molecular formula is C23H28FN5O2. The van der Waals surface area contributed by atoms with Crippen molar-refractivity contribution in [2.45, 2.75) is 32.7 Å². The second-order valence-electron chi connectivity index (χ2n) is 7.86. The van der Waals surface area contributed by atoms with Gasteiger partial charge in [0.1, 0.15) is 17.2 Å². The summed E-state index contributed by atoms with van der Waals surface area (Å²) in [7, 11) is 1.49. The molecule has 1 aliphatic rings. The molecular weight excluding hydrogens is 397 g/mol. The van der Waals surface area contributed by atoms with E-state index in [1.807, 2.05) is 19.2 Å². The largest absolute Gasteiger partial charge is 0.496 e. The van der Waals surface area contributed by atoms with E-state index in [0.717, 1.165) is 43.9 Å². The molecule has 0 bridgehead atoms. The lowest BCUT2D eigenvalue weighted by Gasteiger charge is -2.35. The van der Waals surface area contributed by atoms with E-state index in [9.17, 15) is 9.18 Å². The molecule has 164 valence electrons. The maximum absolute atomic E-state index is 14.9. The standard InChI is InChI=1S/C23H28FN5O2/c1-4-25-16-6-5-9-28(13-16)17-7-8-20(19(24)10-17)27-23(30)18-14-29-12-15(2)26-22(29)11-21(18)31-3/h7-8,10-12,14,16,25H,4-6,9,13H2,1-3H3,(H,27,30). The Morgan fingerprint density at radius 3 is 2.90 bits per heavy atom. The lowest BCUT2D eigenvalue weighted by Crippen LogP contribution is -2.45. The third-order valence-corrected chi connectivity index (χ3v) is 5.62. The Kier molecular flexibility index (Phi) is 6.08. The van der Waals surface area contributed by atoms with Crippen molar-refractivity contribution in [3.05, 3.63) is 53.7 Å². The van der Waals surface area contributed by atoms with Gasteiger partial charge in [-0.1, -0.05) is 6.92 Å². The first-order chi connectivity index (χ1) is 15.0. The summed E-state index contributed by atoms with van der Waals surface area (Å²) in [6, 6.07) is 7.07. The van der Waals surface area contributed by atoms with Crippen molar-refractivity contribution in [3.8, 4) is 5.75 Å².